The van der Waals surface area contributed by atoms with Crippen molar-refractivity contribution in [2.75, 3.05) is 0 Å². The number of hydrogen-bond acceptors (Lipinski definition) is 3. The average Bonchev–Trinajstić information content (AvgIpc) is 2.01. The van der Waals surface area contributed by atoms with E-state index in [0.717, 1.165) is 32.1 Å². The maximum absolute atomic E-state index is 12.2. The minimum absolute atomic E-state index is 0.132. The van der Waals surface area contributed by atoms with E-state index < -0.39 is 11.2 Å². The molecule has 21 heavy (non-hydrogen) atoms. The van der Waals surface area contributed by atoms with Crippen LogP contribution in [0.25, 0.3) is 0 Å². The Labute approximate surface area is 127 Å². The lowest BCUT2D eigenvalue weighted by molar-refractivity contribution is -0.203. The minimum Gasteiger partial charge on any atom is -0.444 e. The van der Waals surface area contributed by atoms with Crippen LogP contribution in [-0.4, -0.2) is 27.9 Å². The molecule has 0 radical (unpaired) electrons. The molecule has 0 spiro atoms. The van der Waals surface area contributed by atoms with Crippen molar-refractivity contribution < 1.29 is 14.6 Å². The Hall–Kier alpha value is -0.770. The van der Waals surface area contributed by atoms with Crippen LogP contribution in [0.2, 0.25) is 0 Å². The maximum Gasteiger partial charge on any atom is 0.408 e. The summed E-state index contributed by atoms with van der Waals surface area (Å²) in [5.74, 6) is 0. The van der Waals surface area contributed by atoms with Gasteiger partial charge in [-0.2, -0.15) is 0 Å². The lowest BCUT2D eigenvalue weighted by atomic mass is 9.41. The fraction of sp³-hybridized carbons (Fsp3) is 0.941. The Balaban J connectivity index is 1.83. The Bertz CT molecular complexity index is 425. The van der Waals surface area contributed by atoms with Gasteiger partial charge in [-0.15, -0.1) is 0 Å². The highest BCUT2D eigenvalue weighted by Crippen LogP contribution is 2.67. The molecular formula is C17H29NO3. The Morgan fingerprint density at radius 3 is 1.95 bits per heavy atom. The SMILES string of the molecule is CC12CC3(C)CC(O)(C1)CC(NC(=O)OC(C)(C)C)(C2)C3. The zero-order chi connectivity index (χ0) is 15.7. The van der Waals surface area contributed by atoms with E-state index in [4.69, 9.17) is 4.74 Å². The van der Waals surface area contributed by atoms with Crippen LogP contribution < -0.4 is 5.32 Å². The molecule has 4 aliphatic carbocycles. The fourth-order valence-corrected chi connectivity index (χ4v) is 6.29. The maximum atomic E-state index is 12.2. The summed E-state index contributed by atoms with van der Waals surface area (Å²) in [6.45, 7) is 10.2. The number of hydrogen-bond donors (Lipinski definition) is 2. The van der Waals surface area contributed by atoms with Gasteiger partial charge in [-0.1, -0.05) is 13.8 Å². The first-order valence-electron chi connectivity index (χ1n) is 8.08. The molecule has 4 rings (SSSR count). The molecule has 1 amide bonds. The van der Waals surface area contributed by atoms with Crippen molar-refractivity contribution in [3.63, 3.8) is 0 Å². The lowest BCUT2D eigenvalue weighted by Crippen LogP contribution is -2.70. The van der Waals surface area contributed by atoms with Gasteiger partial charge < -0.3 is 15.2 Å². The molecule has 0 aromatic carbocycles. The molecule has 0 heterocycles. The van der Waals surface area contributed by atoms with Crippen molar-refractivity contribution in [2.24, 2.45) is 10.8 Å². The standard InChI is InChI=1S/C17H29NO3/c1-13(2,3)21-12(19)18-16-7-14(4)6-15(5,8-16)10-17(20,9-14)11-16/h20H,6-11H2,1-5H3,(H,18,19). The van der Waals surface area contributed by atoms with Gasteiger partial charge in [0.25, 0.3) is 0 Å². The molecule has 0 aromatic heterocycles. The first kappa shape index (κ1) is 15.1. The van der Waals surface area contributed by atoms with Crippen LogP contribution in [0, 0.1) is 10.8 Å². The number of amides is 1. The van der Waals surface area contributed by atoms with E-state index in [0.29, 0.717) is 6.42 Å². The van der Waals surface area contributed by atoms with Crippen LogP contribution >= 0.6 is 0 Å². The second kappa shape index (κ2) is 3.95. The van der Waals surface area contributed by atoms with Crippen molar-refractivity contribution in [1.82, 2.24) is 5.32 Å². The molecule has 2 atom stereocenters. The molecule has 4 saturated carbocycles. The zero-order valence-corrected chi connectivity index (χ0v) is 14.0. The summed E-state index contributed by atoms with van der Waals surface area (Å²) in [4.78, 5) is 12.2. The summed E-state index contributed by atoms with van der Waals surface area (Å²) in [7, 11) is 0. The Morgan fingerprint density at radius 1 is 1.00 bits per heavy atom. The third-order valence-corrected chi connectivity index (χ3v) is 5.33. The van der Waals surface area contributed by atoms with Crippen LogP contribution in [0.1, 0.15) is 73.1 Å². The van der Waals surface area contributed by atoms with Gasteiger partial charge in [0.1, 0.15) is 5.60 Å². The van der Waals surface area contributed by atoms with Crippen molar-refractivity contribution in [3.05, 3.63) is 0 Å². The van der Waals surface area contributed by atoms with E-state index in [1.807, 2.05) is 20.8 Å². The van der Waals surface area contributed by atoms with Gasteiger partial charge >= 0.3 is 6.09 Å². The van der Waals surface area contributed by atoms with Crippen molar-refractivity contribution >= 4 is 6.09 Å². The number of carbonyl (C=O) groups excluding carboxylic acids is 1. The first-order chi connectivity index (χ1) is 9.34. The molecule has 4 bridgehead atoms. The molecule has 0 aromatic rings. The highest BCUT2D eigenvalue weighted by atomic mass is 16.6. The fourth-order valence-electron chi connectivity index (χ4n) is 6.29. The highest BCUT2D eigenvalue weighted by molar-refractivity contribution is 5.69. The predicted octanol–water partition coefficient (Wildman–Crippen LogP) is 3.38. The van der Waals surface area contributed by atoms with Gasteiger partial charge in [-0.05, 0) is 70.1 Å². The van der Waals surface area contributed by atoms with Crippen LogP contribution in [0.5, 0.6) is 0 Å². The second-order valence-corrected chi connectivity index (χ2v) is 9.81. The van der Waals surface area contributed by atoms with Crippen molar-refractivity contribution in [1.29, 1.82) is 0 Å². The zero-order valence-electron chi connectivity index (χ0n) is 14.0. The summed E-state index contributed by atoms with van der Waals surface area (Å²) in [5.41, 5.74) is -1.14. The average molecular weight is 295 g/mol. The number of ether oxygens (including phenoxy) is 1. The molecule has 4 heteroatoms. The molecule has 0 aliphatic heterocycles. The summed E-state index contributed by atoms with van der Waals surface area (Å²) < 4.78 is 5.44. The van der Waals surface area contributed by atoms with Gasteiger partial charge in [0.15, 0.2) is 0 Å². The minimum atomic E-state index is -0.618. The van der Waals surface area contributed by atoms with E-state index in [1.165, 1.54) is 0 Å². The molecule has 4 fully saturated rings. The second-order valence-electron chi connectivity index (χ2n) is 9.81. The van der Waals surface area contributed by atoms with Crippen molar-refractivity contribution in [2.45, 2.75) is 89.9 Å². The molecule has 2 N–H and O–H groups in total. The van der Waals surface area contributed by atoms with Crippen LogP contribution in [0.3, 0.4) is 0 Å². The number of aliphatic hydroxyl groups is 1. The first-order valence-corrected chi connectivity index (χ1v) is 8.08. The third kappa shape index (κ3) is 2.79. The summed E-state index contributed by atoms with van der Waals surface area (Å²) in [6, 6.07) is 0. The van der Waals surface area contributed by atoms with Crippen LogP contribution in [0.15, 0.2) is 0 Å². The number of carbonyl (C=O) groups is 1. The summed E-state index contributed by atoms with van der Waals surface area (Å²) in [5, 5.41) is 14.1. The molecule has 4 nitrogen and oxygen atoms in total. The molecule has 2 unspecified atom stereocenters. The molecular weight excluding hydrogens is 266 g/mol. The van der Waals surface area contributed by atoms with E-state index >= 15 is 0 Å². The summed E-state index contributed by atoms with van der Waals surface area (Å²) >= 11 is 0. The normalized spacial score (nSPS) is 48.3. The predicted molar refractivity (Wildman–Crippen MR) is 81.0 cm³/mol. The smallest absolute Gasteiger partial charge is 0.408 e. The lowest BCUT2D eigenvalue weighted by Gasteiger charge is -2.67. The quantitative estimate of drug-likeness (QED) is 0.779. The summed E-state index contributed by atoms with van der Waals surface area (Å²) in [6.07, 6.45) is 5.12. The van der Waals surface area contributed by atoms with Crippen LogP contribution in [0.4, 0.5) is 4.79 Å². The van der Waals surface area contributed by atoms with Gasteiger partial charge in [0, 0.05) is 5.54 Å². The van der Waals surface area contributed by atoms with Crippen molar-refractivity contribution in [3.8, 4) is 0 Å². The van der Waals surface area contributed by atoms with Gasteiger partial charge in [0.05, 0.1) is 5.60 Å². The largest absolute Gasteiger partial charge is 0.444 e. The van der Waals surface area contributed by atoms with Gasteiger partial charge in [0.2, 0.25) is 0 Å². The van der Waals surface area contributed by atoms with Gasteiger partial charge in [-0.3, -0.25) is 0 Å². The Kier molecular flexibility index (Phi) is 2.85. The number of nitrogens with one attached hydrogen (secondary N) is 1. The monoisotopic (exact) mass is 295 g/mol. The van der Waals surface area contributed by atoms with E-state index in [9.17, 15) is 9.90 Å². The third-order valence-electron chi connectivity index (χ3n) is 5.33. The topological polar surface area (TPSA) is 58.6 Å². The number of alkyl carbamates (subject to hydrolysis) is 1. The van der Waals surface area contributed by atoms with Crippen LogP contribution in [-0.2, 0) is 4.74 Å². The van der Waals surface area contributed by atoms with Gasteiger partial charge in [-0.25, -0.2) is 4.79 Å². The number of rotatable bonds is 1. The molecule has 120 valence electrons. The molecule has 0 saturated heterocycles. The van der Waals surface area contributed by atoms with E-state index in [2.05, 4.69) is 19.2 Å². The molecule has 4 aliphatic rings. The Morgan fingerprint density at radius 2 is 1.52 bits per heavy atom. The highest BCUT2D eigenvalue weighted by Gasteiger charge is 2.65. The van der Waals surface area contributed by atoms with E-state index in [-0.39, 0.29) is 22.5 Å². The van der Waals surface area contributed by atoms with E-state index in [1.54, 1.807) is 0 Å².